The number of rotatable bonds is 4. The number of hydrogen-bond donors (Lipinski definition) is 2. The van der Waals surface area contributed by atoms with Gasteiger partial charge in [-0.3, -0.25) is 4.84 Å². The van der Waals surface area contributed by atoms with E-state index in [4.69, 9.17) is 4.84 Å². The van der Waals surface area contributed by atoms with Crippen LogP contribution in [-0.4, -0.2) is 16.1 Å². The van der Waals surface area contributed by atoms with Crippen molar-refractivity contribution in [2.75, 3.05) is 0 Å². The summed E-state index contributed by atoms with van der Waals surface area (Å²) in [5.74, 6) is 0.915. The van der Waals surface area contributed by atoms with Crippen LogP contribution in [0.3, 0.4) is 0 Å². The van der Waals surface area contributed by atoms with Crippen molar-refractivity contribution in [3.05, 3.63) is 18.2 Å². The summed E-state index contributed by atoms with van der Waals surface area (Å²) in [5, 5.41) is 0. The average molecular weight is 181 g/mol. The molecule has 0 bridgehead atoms. The molecule has 0 amide bonds. The molecule has 0 aliphatic heterocycles. The molecule has 0 saturated heterocycles. The molecular weight excluding hydrogens is 166 g/mol. The molecule has 1 aliphatic rings. The van der Waals surface area contributed by atoms with Crippen LogP contribution in [0, 0.1) is 0 Å². The van der Waals surface area contributed by atoms with Crippen LogP contribution in [-0.2, 0) is 11.4 Å². The molecule has 1 heterocycles. The van der Waals surface area contributed by atoms with Crippen molar-refractivity contribution >= 4 is 0 Å². The summed E-state index contributed by atoms with van der Waals surface area (Å²) >= 11 is 0. The second-order valence-electron chi connectivity index (χ2n) is 3.38. The van der Waals surface area contributed by atoms with E-state index < -0.39 is 0 Å². The Balaban J connectivity index is 1.63. The van der Waals surface area contributed by atoms with Crippen molar-refractivity contribution in [1.82, 2.24) is 15.4 Å². The van der Waals surface area contributed by atoms with Crippen molar-refractivity contribution in [2.24, 2.45) is 0 Å². The van der Waals surface area contributed by atoms with Crippen molar-refractivity contribution in [3.8, 4) is 0 Å². The number of nitrogens with zero attached hydrogens (tertiary/aromatic N) is 1. The van der Waals surface area contributed by atoms with Crippen LogP contribution in [0.25, 0.3) is 0 Å². The fraction of sp³-hybridized carbons (Fsp3) is 0.667. The van der Waals surface area contributed by atoms with Crippen LogP contribution in [0.5, 0.6) is 0 Å². The second kappa shape index (κ2) is 4.39. The molecule has 1 aliphatic carbocycles. The van der Waals surface area contributed by atoms with Gasteiger partial charge in [-0.25, -0.2) is 4.98 Å². The summed E-state index contributed by atoms with van der Waals surface area (Å²) in [6.45, 7) is 0.656. The van der Waals surface area contributed by atoms with E-state index in [9.17, 15) is 0 Å². The molecule has 2 rings (SSSR count). The zero-order chi connectivity index (χ0) is 8.93. The molecule has 2 N–H and O–H groups in total. The molecule has 0 aromatic carbocycles. The lowest BCUT2D eigenvalue weighted by Gasteiger charge is -2.10. The van der Waals surface area contributed by atoms with Crippen LogP contribution in [0.2, 0.25) is 0 Å². The van der Waals surface area contributed by atoms with E-state index in [1.807, 2.05) is 6.20 Å². The first-order chi connectivity index (χ1) is 6.45. The first kappa shape index (κ1) is 8.72. The normalized spacial score (nSPS) is 18.2. The molecule has 1 aromatic heterocycles. The van der Waals surface area contributed by atoms with Gasteiger partial charge in [-0.1, -0.05) is 12.8 Å². The van der Waals surface area contributed by atoms with Crippen LogP contribution in [0.1, 0.15) is 31.5 Å². The van der Waals surface area contributed by atoms with Gasteiger partial charge < -0.3 is 4.98 Å². The number of nitrogens with one attached hydrogen (secondary N) is 2. The van der Waals surface area contributed by atoms with Crippen molar-refractivity contribution in [1.29, 1.82) is 0 Å². The Morgan fingerprint density at radius 2 is 2.38 bits per heavy atom. The minimum absolute atomic E-state index is 0.412. The summed E-state index contributed by atoms with van der Waals surface area (Å²) in [6.07, 6.45) is 8.94. The van der Waals surface area contributed by atoms with Gasteiger partial charge in [-0.05, 0) is 12.8 Å². The van der Waals surface area contributed by atoms with Crippen LogP contribution in [0.4, 0.5) is 0 Å². The Kier molecular flexibility index (Phi) is 2.94. The van der Waals surface area contributed by atoms with Gasteiger partial charge in [0.15, 0.2) is 0 Å². The van der Waals surface area contributed by atoms with Gasteiger partial charge in [0.2, 0.25) is 0 Å². The predicted octanol–water partition coefficient (Wildman–Crippen LogP) is 1.37. The molecule has 0 radical (unpaired) electrons. The van der Waals surface area contributed by atoms with Crippen LogP contribution in [0.15, 0.2) is 12.4 Å². The number of hydroxylamine groups is 1. The highest BCUT2D eigenvalue weighted by Gasteiger charge is 2.15. The maximum Gasteiger partial charge on any atom is 0.122 e. The Labute approximate surface area is 77.7 Å². The second-order valence-corrected chi connectivity index (χ2v) is 3.38. The maximum absolute atomic E-state index is 5.47. The van der Waals surface area contributed by atoms with Gasteiger partial charge in [-0.2, -0.15) is 5.48 Å². The van der Waals surface area contributed by atoms with Crippen molar-refractivity contribution in [2.45, 2.75) is 38.3 Å². The Bertz CT molecular complexity index is 229. The van der Waals surface area contributed by atoms with Gasteiger partial charge in [-0.15, -0.1) is 0 Å². The molecule has 4 nitrogen and oxygen atoms in total. The number of aromatic amines is 1. The number of imidazole rings is 1. The largest absolute Gasteiger partial charge is 0.347 e. The lowest BCUT2D eigenvalue weighted by Crippen LogP contribution is -2.21. The number of hydrogen-bond acceptors (Lipinski definition) is 3. The van der Waals surface area contributed by atoms with E-state index in [1.165, 1.54) is 25.7 Å². The highest BCUT2D eigenvalue weighted by Crippen LogP contribution is 2.19. The standard InChI is InChI=1S/C9H15N3O/c1-2-4-8(3-1)13-12-7-9-10-5-6-11-9/h5-6,8,12H,1-4,7H2,(H,10,11). The zero-order valence-electron chi connectivity index (χ0n) is 7.62. The quantitative estimate of drug-likeness (QED) is 0.690. The third kappa shape index (κ3) is 2.54. The Morgan fingerprint density at radius 3 is 3.08 bits per heavy atom. The highest BCUT2D eigenvalue weighted by molar-refractivity contribution is 4.84. The SMILES string of the molecule is c1c[nH]c(CNOC2CCCC2)n1. The molecule has 72 valence electrons. The molecule has 0 spiro atoms. The first-order valence-electron chi connectivity index (χ1n) is 4.82. The lowest BCUT2D eigenvalue weighted by atomic mass is 10.3. The highest BCUT2D eigenvalue weighted by atomic mass is 16.7. The molecule has 13 heavy (non-hydrogen) atoms. The molecule has 1 fully saturated rings. The van der Waals surface area contributed by atoms with Gasteiger partial charge in [0.25, 0.3) is 0 Å². The third-order valence-corrected chi connectivity index (χ3v) is 2.35. The summed E-state index contributed by atoms with van der Waals surface area (Å²) in [5.41, 5.74) is 2.94. The molecule has 4 heteroatoms. The van der Waals surface area contributed by atoms with E-state index in [2.05, 4.69) is 15.4 Å². The van der Waals surface area contributed by atoms with Gasteiger partial charge >= 0.3 is 0 Å². The smallest absolute Gasteiger partial charge is 0.122 e. The monoisotopic (exact) mass is 181 g/mol. The summed E-state index contributed by atoms with van der Waals surface area (Å²) in [4.78, 5) is 12.6. The number of aromatic nitrogens is 2. The van der Waals surface area contributed by atoms with Crippen LogP contribution >= 0.6 is 0 Å². The first-order valence-corrected chi connectivity index (χ1v) is 4.82. The van der Waals surface area contributed by atoms with Crippen molar-refractivity contribution in [3.63, 3.8) is 0 Å². The molecule has 1 aromatic rings. The van der Waals surface area contributed by atoms with Crippen molar-refractivity contribution < 1.29 is 4.84 Å². The topological polar surface area (TPSA) is 49.9 Å². The van der Waals surface area contributed by atoms with E-state index in [0.717, 1.165) is 5.82 Å². The zero-order valence-corrected chi connectivity index (χ0v) is 7.62. The molecule has 0 unspecified atom stereocenters. The summed E-state index contributed by atoms with van der Waals surface area (Å²) in [7, 11) is 0. The van der Waals surface area contributed by atoms with E-state index in [0.29, 0.717) is 12.6 Å². The Hall–Kier alpha value is -0.870. The van der Waals surface area contributed by atoms with Gasteiger partial charge in [0.05, 0.1) is 12.6 Å². The molecule has 0 atom stereocenters. The maximum atomic E-state index is 5.47. The Morgan fingerprint density at radius 1 is 1.54 bits per heavy atom. The third-order valence-electron chi connectivity index (χ3n) is 2.35. The fourth-order valence-electron chi connectivity index (χ4n) is 1.63. The fourth-order valence-corrected chi connectivity index (χ4v) is 1.63. The summed E-state index contributed by atoms with van der Waals surface area (Å²) < 4.78 is 0. The van der Waals surface area contributed by atoms with E-state index >= 15 is 0 Å². The average Bonchev–Trinajstić information content (AvgIpc) is 2.75. The van der Waals surface area contributed by atoms with Crippen LogP contribution < -0.4 is 5.48 Å². The molecule has 1 saturated carbocycles. The molecular formula is C9H15N3O. The number of H-pyrrole nitrogens is 1. The minimum atomic E-state index is 0.412. The summed E-state index contributed by atoms with van der Waals surface area (Å²) in [6, 6.07) is 0. The van der Waals surface area contributed by atoms with E-state index in [1.54, 1.807) is 6.20 Å². The van der Waals surface area contributed by atoms with Gasteiger partial charge in [0, 0.05) is 12.4 Å². The van der Waals surface area contributed by atoms with E-state index in [-0.39, 0.29) is 0 Å². The van der Waals surface area contributed by atoms with Gasteiger partial charge in [0.1, 0.15) is 5.82 Å². The lowest BCUT2D eigenvalue weighted by molar-refractivity contribution is -0.0253. The minimum Gasteiger partial charge on any atom is -0.347 e. The predicted molar refractivity (Wildman–Crippen MR) is 48.8 cm³/mol.